The maximum atomic E-state index is 5.51. The smallest absolute Gasteiger partial charge is 0.149 e. The summed E-state index contributed by atoms with van der Waals surface area (Å²) in [6, 6.07) is 8.35. The highest BCUT2D eigenvalue weighted by atomic mass is 32.2. The van der Waals surface area contributed by atoms with Gasteiger partial charge in [-0.2, -0.15) is 10.2 Å². The third-order valence-corrected chi connectivity index (χ3v) is 6.10. The van der Waals surface area contributed by atoms with Crippen LogP contribution in [0.25, 0.3) is 0 Å². The number of benzene rings is 1. The van der Waals surface area contributed by atoms with Crippen molar-refractivity contribution in [3.63, 3.8) is 0 Å². The number of nitrogens with two attached hydrogens (primary N) is 1. The van der Waals surface area contributed by atoms with E-state index in [2.05, 4.69) is 82.5 Å². The Morgan fingerprint density at radius 3 is 3.04 bits per heavy atom. The Labute approximate surface area is 163 Å². The quantitative estimate of drug-likeness (QED) is 0.326. The molecule has 0 saturated carbocycles. The highest BCUT2D eigenvalue weighted by Gasteiger charge is 2.37. The lowest BCUT2D eigenvalue weighted by Crippen LogP contribution is -2.35. The van der Waals surface area contributed by atoms with Gasteiger partial charge in [0.25, 0.3) is 0 Å². The Bertz CT molecular complexity index is 911. The molecule has 2 heterocycles. The van der Waals surface area contributed by atoms with E-state index < -0.39 is 0 Å². The van der Waals surface area contributed by atoms with E-state index in [1.165, 1.54) is 11.1 Å². The first-order chi connectivity index (χ1) is 13.2. The number of rotatable bonds is 3. The standard InChI is InChI=1S/C20H22N6S/c1-12-4-3-5-14(10-12)23-20-16-8-9-27-18(16)15-7-6-13(11-17(15)24-20)19(25-21)26-22-2/h3-10,13,16,18H,2,11,21H2,1H3,(H,23,24)(H,25,26). The summed E-state index contributed by atoms with van der Waals surface area (Å²) in [4.78, 5) is 5.00. The molecule has 2 aliphatic heterocycles. The fourth-order valence-corrected chi connectivity index (χ4v) is 4.84. The lowest BCUT2D eigenvalue weighted by molar-refractivity contribution is 0.724. The van der Waals surface area contributed by atoms with Gasteiger partial charge in [-0.3, -0.25) is 5.43 Å². The maximum absolute atomic E-state index is 5.51. The molecule has 3 atom stereocenters. The summed E-state index contributed by atoms with van der Waals surface area (Å²) in [5.41, 5.74) is 7.42. The molecule has 0 fully saturated rings. The largest absolute Gasteiger partial charge is 0.343 e. The second-order valence-corrected chi connectivity index (χ2v) is 7.81. The fourth-order valence-electron chi connectivity index (χ4n) is 3.66. The molecule has 0 amide bonds. The molecule has 0 bridgehead atoms. The number of allylic oxidation sites excluding steroid dienone is 2. The van der Waals surface area contributed by atoms with Crippen molar-refractivity contribution in [2.24, 2.45) is 32.9 Å². The minimum Gasteiger partial charge on any atom is -0.343 e. The maximum Gasteiger partial charge on any atom is 0.149 e. The Hall–Kier alpha value is -2.80. The minimum absolute atomic E-state index is 0.0131. The number of nitrogens with zero attached hydrogens (tertiary/aromatic N) is 3. The third-order valence-electron chi connectivity index (χ3n) is 4.94. The topological polar surface area (TPSA) is 87.2 Å². The van der Waals surface area contributed by atoms with E-state index in [1.54, 1.807) is 0 Å². The molecule has 3 unspecified atom stereocenters. The SMILES string of the molecule is C=NN/C(=N\N)C1C=CC2=C(C1)N=C(Nc1cccc(C)c1)C1C=CSC21. The first kappa shape index (κ1) is 17.6. The van der Waals surface area contributed by atoms with Gasteiger partial charge in [0, 0.05) is 35.7 Å². The van der Waals surface area contributed by atoms with E-state index in [4.69, 9.17) is 10.8 Å². The summed E-state index contributed by atoms with van der Waals surface area (Å²) < 4.78 is 0. The van der Waals surface area contributed by atoms with Crippen LogP contribution < -0.4 is 16.6 Å². The number of aryl methyl sites for hydroxylation is 1. The van der Waals surface area contributed by atoms with Crippen molar-refractivity contribution in [1.82, 2.24) is 5.43 Å². The molecule has 1 aliphatic carbocycles. The van der Waals surface area contributed by atoms with Crippen LogP contribution in [0.4, 0.5) is 5.69 Å². The molecule has 0 radical (unpaired) electrons. The Balaban J connectivity index is 1.64. The molecule has 3 aliphatic rings. The van der Waals surface area contributed by atoms with Crippen molar-refractivity contribution in [3.8, 4) is 0 Å². The second kappa shape index (κ2) is 7.44. The monoisotopic (exact) mass is 378 g/mol. The molecule has 1 aromatic rings. The number of amidine groups is 2. The molecule has 4 N–H and O–H groups in total. The number of nitrogens with one attached hydrogen (secondary N) is 2. The van der Waals surface area contributed by atoms with Gasteiger partial charge in [0.1, 0.15) is 11.7 Å². The summed E-state index contributed by atoms with van der Waals surface area (Å²) >= 11 is 1.85. The summed E-state index contributed by atoms with van der Waals surface area (Å²) in [6.45, 7) is 5.54. The summed E-state index contributed by atoms with van der Waals surface area (Å²) in [5.74, 6) is 7.36. The fraction of sp³-hybridized carbons (Fsp3) is 0.250. The molecule has 0 aromatic heterocycles. The zero-order valence-electron chi connectivity index (χ0n) is 15.1. The van der Waals surface area contributed by atoms with Crippen molar-refractivity contribution in [1.29, 1.82) is 0 Å². The number of thioether (sulfide) groups is 1. The molecule has 6 nitrogen and oxygen atoms in total. The number of hydrogen-bond acceptors (Lipinski definition) is 6. The van der Waals surface area contributed by atoms with Gasteiger partial charge < -0.3 is 11.2 Å². The predicted molar refractivity (Wildman–Crippen MR) is 115 cm³/mol. The van der Waals surface area contributed by atoms with Crippen LogP contribution in [0.3, 0.4) is 0 Å². The van der Waals surface area contributed by atoms with Gasteiger partial charge in [0.2, 0.25) is 0 Å². The van der Waals surface area contributed by atoms with Crippen molar-refractivity contribution in [3.05, 3.63) is 64.7 Å². The van der Waals surface area contributed by atoms with Crippen LogP contribution in [0.15, 0.2) is 74.4 Å². The number of fused-ring (bicyclic) bond motifs is 2. The van der Waals surface area contributed by atoms with Gasteiger partial charge in [-0.15, -0.1) is 11.8 Å². The van der Waals surface area contributed by atoms with Crippen molar-refractivity contribution >= 4 is 35.8 Å². The van der Waals surface area contributed by atoms with Crippen LogP contribution in [0.1, 0.15) is 12.0 Å². The van der Waals surface area contributed by atoms with E-state index in [-0.39, 0.29) is 11.8 Å². The first-order valence-corrected chi connectivity index (χ1v) is 9.79. The highest BCUT2D eigenvalue weighted by molar-refractivity contribution is 8.03. The van der Waals surface area contributed by atoms with Crippen molar-refractivity contribution in [2.45, 2.75) is 18.6 Å². The minimum atomic E-state index is 0.0131. The van der Waals surface area contributed by atoms with E-state index >= 15 is 0 Å². The highest BCUT2D eigenvalue weighted by Crippen LogP contribution is 2.44. The number of aliphatic imine (C=N–C) groups is 1. The lowest BCUT2D eigenvalue weighted by Gasteiger charge is -2.32. The average Bonchev–Trinajstić information content (AvgIpc) is 3.16. The molecular weight excluding hydrogens is 356 g/mol. The van der Waals surface area contributed by atoms with E-state index in [0.29, 0.717) is 11.1 Å². The van der Waals surface area contributed by atoms with E-state index in [9.17, 15) is 0 Å². The van der Waals surface area contributed by atoms with Crippen LogP contribution in [0.2, 0.25) is 0 Å². The normalized spacial score (nSPS) is 26.3. The number of hydrazone groups is 2. The zero-order valence-corrected chi connectivity index (χ0v) is 15.9. The van der Waals surface area contributed by atoms with Crippen LogP contribution in [-0.2, 0) is 0 Å². The molecule has 7 heteroatoms. The van der Waals surface area contributed by atoms with Gasteiger partial charge in [-0.25, -0.2) is 4.99 Å². The lowest BCUT2D eigenvalue weighted by atomic mass is 9.85. The number of hydrogen-bond donors (Lipinski definition) is 3. The van der Waals surface area contributed by atoms with Crippen molar-refractivity contribution in [2.75, 3.05) is 5.32 Å². The Morgan fingerprint density at radius 1 is 1.37 bits per heavy atom. The van der Waals surface area contributed by atoms with E-state index in [0.717, 1.165) is 23.6 Å². The molecule has 1 aromatic carbocycles. The molecule has 0 saturated heterocycles. The zero-order chi connectivity index (χ0) is 18.8. The van der Waals surface area contributed by atoms with Gasteiger partial charge in [-0.05, 0) is 35.6 Å². The summed E-state index contributed by atoms with van der Waals surface area (Å²) in [5, 5.41) is 13.6. The molecule has 0 spiro atoms. The molecule has 138 valence electrons. The summed E-state index contributed by atoms with van der Waals surface area (Å²) in [7, 11) is 0. The predicted octanol–water partition coefficient (Wildman–Crippen LogP) is 3.37. The average molecular weight is 379 g/mol. The van der Waals surface area contributed by atoms with Crippen LogP contribution >= 0.6 is 11.8 Å². The number of anilines is 1. The first-order valence-electron chi connectivity index (χ1n) is 8.84. The molecule has 27 heavy (non-hydrogen) atoms. The van der Waals surface area contributed by atoms with Gasteiger partial charge in [-0.1, -0.05) is 30.4 Å². The van der Waals surface area contributed by atoms with Crippen molar-refractivity contribution < 1.29 is 0 Å². The van der Waals surface area contributed by atoms with Crippen LogP contribution in [0, 0.1) is 18.8 Å². The molecule has 4 rings (SSSR count). The van der Waals surface area contributed by atoms with Crippen LogP contribution in [0.5, 0.6) is 0 Å². The van der Waals surface area contributed by atoms with Gasteiger partial charge >= 0.3 is 0 Å². The van der Waals surface area contributed by atoms with E-state index in [1.807, 2.05) is 11.8 Å². The third kappa shape index (κ3) is 3.42. The van der Waals surface area contributed by atoms with Gasteiger partial charge in [0.05, 0.1) is 5.92 Å². The second-order valence-electron chi connectivity index (χ2n) is 6.76. The Kier molecular flexibility index (Phi) is 4.85. The van der Waals surface area contributed by atoms with Crippen LogP contribution in [-0.4, -0.2) is 23.6 Å². The molecular formula is C20H22N6S. The summed E-state index contributed by atoms with van der Waals surface area (Å²) in [6.07, 6.45) is 7.24. The van der Waals surface area contributed by atoms with Gasteiger partial charge in [0.15, 0.2) is 0 Å². The Morgan fingerprint density at radius 2 is 2.26 bits per heavy atom.